The van der Waals surface area contributed by atoms with Gasteiger partial charge in [0.1, 0.15) is 0 Å². The molecule has 264 valence electrons. The molecule has 13 heteroatoms. The lowest BCUT2D eigenvalue weighted by Gasteiger charge is -2.36. The standard InChI is InChI=1S/C30H37BrN4O.C6H8O7/c1-22(2)29(31)30(36)35-26-11-6-4-9-23(26)13-14-28(35)25-21-34(27-12-7-5-10-24(25)27)16-8-15-33-19-17-32(3)18-20-33;7-3(8)1-6(13,5(11)12)2-4(9)10/h4-7,9-14,21-22,28-29H,8,15-20H2,1-3H3;13H,1-2H2,(H,7,8)(H,9,10)(H,11,12). The number of likely N-dealkylation sites (N-methyl/N-ethyl adjacent to an activating group) is 1. The molecule has 1 aromatic heterocycles. The van der Waals surface area contributed by atoms with Gasteiger partial charge in [0.15, 0.2) is 5.60 Å². The number of halogens is 1. The highest BCUT2D eigenvalue weighted by atomic mass is 79.9. The van der Waals surface area contributed by atoms with E-state index in [2.05, 4.69) is 106 Å². The van der Waals surface area contributed by atoms with E-state index < -0.39 is 36.4 Å². The fourth-order valence-electron chi connectivity index (χ4n) is 6.14. The van der Waals surface area contributed by atoms with Gasteiger partial charge < -0.3 is 34.8 Å². The van der Waals surface area contributed by atoms with E-state index in [4.69, 9.17) is 20.4 Å². The number of fused-ring (bicyclic) bond motifs is 2. The maximum atomic E-state index is 13.8. The van der Waals surface area contributed by atoms with Crippen molar-refractivity contribution >= 4 is 62.4 Å². The van der Waals surface area contributed by atoms with Crippen LogP contribution in [-0.4, -0.2) is 109 Å². The molecular weight excluding hydrogens is 696 g/mol. The molecule has 0 aliphatic carbocycles. The fourth-order valence-corrected chi connectivity index (χ4v) is 6.36. The van der Waals surface area contributed by atoms with Crippen LogP contribution in [0.4, 0.5) is 5.69 Å². The van der Waals surface area contributed by atoms with Gasteiger partial charge in [0.05, 0.1) is 29.4 Å². The largest absolute Gasteiger partial charge is 0.481 e. The lowest BCUT2D eigenvalue weighted by Crippen LogP contribution is -2.44. The number of piperazine rings is 1. The molecule has 0 saturated carbocycles. The summed E-state index contributed by atoms with van der Waals surface area (Å²) in [7, 11) is 2.20. The molecule has 1 amide bonds. The first-order valence-corrected chi connectivity index (χ1v) is 17.3. The second-order valence-electron chi connectivity index (χ2n) is 13.0. The zero-order valence-corrected chi connectivity index (χ0v) is 29.6. The van der Waals surface area contributed by atoms with Crippen LogP contribution in [0.1, 0.15) is 50.3 Å². The molecule has 2 unspecified atom stereocenters. The Morgan fingerprint density at radius 1 is 0.898 bits per heavy atom. The van der Waals surface area contributed by atoms with E-state index in [1.807, 2.05) is 17.0 Å². The molecule has 5 rings (SSSR count). The van der Waals surface area contributed by atoms with Crippen LogP contribution >= 0.6 is 15.9 Å². The van der Waals surface area contributed by atoms with Crippen LogP contribution in [-0.2, 0) is 25.7 Å². The van der Waals surface area contributed by atoms with Gasteiger partial charge in [-0.05, 0) is 43.6 Å². The quantitative estimate of drug-likeness (QED) is 0.194. The number of aliphatic hydroxyl groups is 1. The van der Waals surface area contributed by atoms with Crippen molar-refractivity contribution in [1.29, 1.82) is 0 Å². The lowest BCUT2D eigenvalue weighted by molar-refractivity contribution is -0.170. The highest BCUT2D eigenvalue weighted by Crippen LogP contribution is 2.41. The SMILES string of the molecule is CC(C)C(Br)C(=O)N1c2ccccc2C=CC1c1cn(CCCN2CCN(C)CC2)c2ccccc12.O=C(O)CC(O)(CC(=O)O)C(=O)O. The molecule has 0 bridgehead atoms. The molecule has 1 saturated heterocycles. The van der Waals surface area contributed by atoms with Gasteiger partial charge in [0.25, 0.3) is 0 Å². The van der Waals surface area contributed by atoms with Gasteiger partial charge in [0.2, 0.25) is 5.91 Å². The first-order chi connectivity index (χ1) is 23.2. The number of aliphatic carboxylic acids is 3. The number of carboxylic acid groups (broad SMARTS) is 3. The van der Waals surface area contributed by atoms with Gasteiger partial charge in [-0.3, -0.25) is 19.3 Å². The topological polar surface area (TPSA) is 164 Å². The third kappa shape index (κ3) is 9.35. The predicted molar refractivity (Wildman–Crippen MR) is 191 cm³/mol. The van der Waals surface area contributed by atoms with Crippen molar-refractivity contribution in [2.75, 3.05) is 44.7 Å². The van der Waals surface area contributed by atoms with E-state index in [9.17, 15) is 19.2 Å². The molecule has 12 nitrogen and oxygen atoms in total. The number of rotatable bonds is 12. The molecular formula is C36H45BrN4O8. The number of benzene rings is 2. The number of aryl methyl sites for hydroxylation is 1. The number of hydrogen-bond acceptors (Lipinski definition) is 7. The molecule has 0 spiro atoms. The number of carboxylic acids is 3. The highest BCUT2D eigenvalue weighted by Gasteiger charge is 2.41. The minimum absolute atomic E-state index is 0.110. The van der Waals surface area contributed by atoms with Crippen LogP contribution in [0.3, 0.4) is 0 Å². The fraction of sp³-hybridized carbons (Fsp3) is 0.444. The molecule has 49 heavy (non-hydrogen) atoms. The summed E-state index contributed by atoms with van der Waals surface area (Å²) in [6.07, 6.45) is 5.48. The van der Waals surface area contributed by atoms with E-state index >= 15 is 0 Å². The minimum atomic E-state index is -2.74. The van der Waals surface area contributed by atoms with Crippen LogP contribution < -0.4 is 4.90 Å². The monoisotopic (exact) mass is 740 g/mol. The van der Waals surface area contributed by atoms with Crippen molar-refractivity contribution in [3.63, 3.8) is 0 Å². The number of aromatic nitrogens is 1. The Balaban J connectivity index is 0.000000355. The number of amides is 1. The molecule has 1 fully saturated rings. The summed E-state index contributed by atoms with van der Waals surface area (Å²) in [4.78, 5) is 51.1. The number of carbonyl (C=O) groups is 4. The molecule has 3 heterocycles. The molecule has 4 N–H and O–H groups in total. The van der Waals surface area contributed by atoms with Crippen LogP contribution in [0.15, 0.2) is 60.8 Å². The van der Waals surface area contributed by atoms with Crippen molar-refractivity contribution < 1.29 is 39.6 Å². The van der Waals surface area contributed by atoms with E-state index in [1.54, 1.807) is 0 Å². The molecule has 3 aromatic rings. The smallest absolute Gasteiger partial charge is 0.336 e. The summed E-state index contributed by atoms with van der Waals surface area (Å²) in [6, 6.07) is 16.7. The van der Waals surface area contributed by atoms with Gasteiger partial charge in [-0.25, -0.2) is 4.79 Å². The molecule has 2 aliphatic rings. The van der Waals surface area contributed by atoms with Crippen molar-refractivity contribution in [3.8, 4) is 0 Å². The number of carbonyl (C=O) groups excluding carboxylic acids is 1. The Kier molecular flexibility index (Phi) is 12.8. The van der Waals surface area contributed by atoms with Crippen molar-refractivity contribution in [2.45, 2.75) is 56.1 Å². The molecule has 2 aromatic carbocycles. The second kappa shape index (κ2) is 16.6. The Morgan fingerprint density at radius 3 is 2.12 bits per heavy atom. The average Bonchev–Trinajstić information content (AvgIpc) is 3.42. The maximum Gasteiger partial charge on any atom is 0.336 e. The van der Waals surface area contributed by atoms with Crippen molar-refractivity contribution in [2.24, 2.45) is 5.92 Å². The Morgan fingerprint density at radius 2 is 1.51 bits per heavy atom. The first-order valence-electron chi connectivity index (χ1n) is 16.3. The van der Waals surface area contributed by atoms with Crippen LogP contribution in [0.2, 0.25) is 0 Å². The number of hydrogen-bond donors (Lipinski definition) is 4. The van der Waals surface area contributed by atoms with Crippen molar-refractivity contribution in [3.05, 3.63) is 71.9 Å². The van der Waals surface area contributed by atoms with Crippen LogP contribution in [0.5, 0.6) is 0 Å². The highest BCUT2D eigenvalue weighted by molar-refractivity contribution is 9.10. The van der Waals surface area contributed by atoms with Crippen LogP contribution in [0, 0.1) is 5.92 Å². The third-order valence-electron chi connectivity index (χ3n) is 8.88. The van der Waals surface area contributed by atoms with E-state index in [1.165, 1.54) is 16.5 Å². The number of para-hydroxylation sites is 2. The van der Waals surface area contributed by atoms with Crippen molar-refractivity contribution in [1.82, 2.24) is 14.4 Å². The zero-order valence-electron chi connectivity index (χ0n) is 28.0. The van der Waals surface area contributed by atoms with Gasteiger partial charge in [-0.15, -0.1) is 0 Å². The second-order valence-corrected chi connectivity index (χ2v) is 14.0. The summed E-state index contributed by atoms with van der Waals surface area (Å²) in [5.74, 6) is -4.71. The lowest BCUT2D eigenvalue weighted by atomic mass is 9.95. The van der Waals surface area contributed by atoms with Gasteiger partial charge >= 0.3 is 17.9 Å². The Labute approximate surface area is 294 Å². The van der Waals surface area contributed by atoms with Crippen LogP contribution in [0.25, 0.3) is 17.0 Å². The summed E-state index contributed by atoms with van der Waals surface area (Å²) < 4.78 is 2.39. The summed E-state index contributed by atoms with van der Waals surface area (Å²) in [6.45, 7) is 10.9. The van der Waals surface area contributed by atoms with Gasteiger partial charge in [0, 0.05) is 55.4 Å². The summed E-state index contributed by atoms with van der Waals surface area (Å²) >= 11 is 3.70. The number of alkyl halides is 1. The van der Waals surface area contributed by atoms with Gasteiger partial charge in [-0.2, -0.15) is 0 Å². The molecule has 2 aliphatic heterocycles. The number of anilines is 1. The van der Waals surface area contributed by atoms with Gasteiger partial charge in [-0.1, -0.05) is 78.3 Å². The average molecular weight is 742 g/mol. The summed E-state index contributed by atoms with van der Waals surface area (Å²) in [5.41, 5.74) is 1.75. The molecule has 0 radical (unpaired) electrons. The Bertz CT molecular complexity index is 1660. The Hall–Kier alpha value is -4.04. The van der Waals surface area contributed by atoms with E-state index in [-0.39, 0.29) is 22.7 Å². The summed E-state index contributed by atoms with van der Waals surface area (Å²) in [5, 5.41) is 35.0. The minimum Gasteiger partial charge on any atom is -0.481 e. The first kappa shape index (κ1) is 37.8. The normalized spacial score (nSPS) is 17.3. The van der Waals surface area contributed by atoms with E-state index in [0.717, 1.165) is 56.9 Å². The molecule has 2 atom stereocenters. The number of nitrogens with zero attached hydrogens (tertiary/aromatic N) is 4. The predicted octanol–water partition coefficient (Wildman–Crippen LogP) is 4.55. The maximum absolute atomic E-state index is 13.8. The zero-order chi connectivity index (χ0) is 35.9. The third-order valence-corrected chi connectivity index (χ3v) is 10.3. The van der Waals surface area contributed by atoms with E-state index in [0.29, 0.717) is 0 Å².